The molecule has 0 spiro atoms. The van der Waals surface area contributed by atoms with E-state index in [1.165, 1.54) is 23.9 Å². The fourth-order valence-corrected chi connectivity index (χ4v) is 5.24. The van der Waals surface area contributed by atoms with Gasteiger partial charge in [-0.1, -0.05) is 71.7 Å². The van der Waals surface area contributed by atoms with Gasteiger partial charge in [-0.15, -0.1) is 0 Å². The van der Waals surface area contributed by atoms with Crippen LogP contribution in [0.2, 0.25) is 10.0 Å². The lowest BCUT2D eigenvalue weighted by Crippen LogP contribution is -2.28. The molecule has 0 aromatic heterocycles. The molecule has 0 bridgehead atoms. The number of rotatable bonds is 6. The minimum absolute atomic E-state index is 0.162. The number of ether oxygens (including phenoxy) is 1. The highest BCUT2D eigenvalue weighted by Gasteiger charge is 2.35. The van der Waals surface area contributed by atoms with Crippen molar-refractivity contribution in [1.29, 1.82) is 0 Å². The standard InChI is InChI=1S/C29H19Cl2FN2O2S/c30-21-15-20(27(25(31)17-21)36-18-19-11-13-22(32)14-12-19)16-26-28(35)34(24-9-5-2-6-10-24)29(37-26)33-23-7-3-1-4-8-23/h1-17H,18H2/b26-16+,33-29?. The van der Waals surface area contributed by atoms with Crippen LogP contribution in [0.25, 0.3) is 6.08 Å². The molecule has 0 saturated carbocycles. The van der Waals surface area contributed by atoms with Crippen LogP contribution in [0.1, 0.15) is 11.1 Å². The molecule has 4 aromatic rings. The molecule has 1 heterocycles. The Morgan fingerprint density at radius 3 is 2.30 bits per heavy atom. The predicted octanol–water partition coefficient (Wildman–Crippen LogP) is 8.52. The van der Waals surface area contributed by atoms with E-state index < -0.39 is 0 Å². The summed E-state index contributed by atoms with van der Waals surface area (Å²) in [5.41, 5.74) is 2.75. The Hall–Kier alpha value is -3.58. The van der Waals surface area contributed by atoms with Crippen molar-refractivity contribution in [2.75, 3.05) is 4.90 Å². The van der Waals surface area contributed by atoms with Gasteiger partial charge in [0.15, 0.2) is 5.17 Å². The van der Waals surface area contributed by atoms with Crippen molar-refractivity contribution in [2.45, 2.75) is 6.61 Å². The number of aliphatic imine (C=N–C) groups is 1. The average molecular weight is 549 g/mol. The number of nitrogens with zero attached hydrogens (tertiary/aromatic N) is 2. The molecule has 1 aliphatic heterocycles. The summed E-state index contributed by atoms with van der Waals surface area (Å²) in [6.07, 6.45) is 1.70. The fourth-order valence-electron chi connectivity index (χ4n) is 3.68. The van der Waals surface area contributed by atoms with E-state index in [-0.39, 0.29) is 18.3 Å². The second-order valence-corrected chi connectivity index (χ2v) is 9.89. The van der Waals surface area contributed by atoms with Gasteiger partial charge in [0.2, 0.25) is 0 Å². The van der Waals surface area contributed by atoms with E-state index >= 15 is 0 Å². The lowest BCUT2D eigenvalue weighted by Gasteiger charge is -2.15. The van der Waals surface area contributed by atoms with Crippen LogP contribution < -0.4 is 9.64 Å². The molecule has 8 heteroatoms. The lowest BCUT2D eigenvalue weighted by atomic mass is 10.1. The number of anilines is 1. The highest BCUT2D eigenvalue weighted by atomic mass is 35.5. The van der Waals surface area contributed by atoms with Crippen LogP contribution in [0.5, 0.6) is 5.75 Å². The molecule has 37 heavy (non-hydrogen) atoms. The van der Waals surface area contributed by atoms with Gasteiger partial charge in [-0.25, -0.2) is 9.38 Å². The molecule has 4 aromatic carbocycles. The fraction of sp³-hybridized carbons (Fsp3) is 0.0345. The summed E-state index contributed by atoms with van der Waals surface area (Å²) in [5.74, 6) is -0.186. The maximum atomic E-state index is 13.6. The Kier molecular flexibility index (Phi) is 7.60. The van der Waals surface area contributed by atoms with Gasteiger partial charge >= 0.3 is 0 Å². The van der Waals surface area contributed by atoms with Crippen LogP contribution >= 0.6 is 35.0 Å². The Morgan fingerprint density at radius 1 is 0.919 bits per heavy atom. The van der Waals surface area contributed by atoms with Crippen molar-refractivity contribution in [2.24, 2.45) is 4.99 Å². The second-order valence-electron chi connectivity index (χ2n) is 8.04. The normalized spacial score (nSPS) is 15.5. The molecule has 5 rings (SSSR count). The van der Waals surface area contributed by atoms with Gasteiger partial charge < -0.3 is 4.74 Å². The van der Waals surface area contributed by atoms with Gasteiger partial charge in [0, 0.05) is 10.6 Å². The van der Waals surface area contributed by atoms with Gasteiger partial charge in [0.05, 0.1) is 21.3 Å². The van der Waals surface area contributed by atoms with Gasteiger partial charge in [0.25, 0.3) is 5.91 Å². The smallest absolute Gasteiger partial charge is 0.271 e. The highest BCUT2D eigenvalue weighted by molar-refractivity contribution is 8.19. The predicted molar refractivity (Wildman–Crippen MR) is 150 cm³/mol. The molecule has 1 amide bonds. The molecule has 0 unspecified atom stereocenters. The number of carbonyl (C=O) groups excluding carboxylic acids is 1. The molecule has 1 saturated heterocycles. The molecule has 0 radical (unpaired) electrons. The number of amidine groups is 1. The van der Waals surface area contributed by atoms with Gasteiger partial charge in [0.1, 0.15) is 18.2 Å². The lowest BCUT2D eigenvalue weighted by molar-refractivity contribution is -0.113. The maximum absolute atomic E-state index is 13.6. The van der Waals surface area contributed by atoms with Gasteiger partial charge in [-0.3, -0.25) is 9.69 Å². The first-order valence-electron chi connectivity index (χ1n) is 11.3. The SMILES string of the molecule is O=C1/C(=C\c2cc(Cl)cc(Cl)c2OCc2ccc(F)cc2)SC(=Nc2ccccc2)N1c1ccccc1. The number of para-hydroxylation sites is 2. The third kappa shape index (κ3) is 5.88. The number of thioether (sulfide) groups is 1. The number of hydrogen-bond donors (Lipinski definition) is 0. The molecule has 1 aliphatic rings. The zero-order chi connectivity index (χ0) is 25.8. The van der Waals surface area contributed by atoms with Crippen molar-refractivity contribution in [3.63, 3.8) is 0 Å². The Labute approximate surface area is 228 Å². The third-order valence-corrected chi connectivity index (χ3v) is 6.89. The molecule has 0 N–H and O–H groups in total. The Morgan fingerprint density at radius 2 is 1.59 bits per heavy atom. The van der Waals surface area contributed by atoms with Crippen molar-refractivity contribution in [3.05, 3.63) is 129 Å². The molecular formula is C29H19Cl2FN2O2S. The summed E-state index contributed by atoms with van der Waals surface area (Å²) in [5, 5.41) is 1.23. The summed E-state index contributed by atoms with van der Waals surface area (Å²) >= 11 is 14.0. The van der Waals surface area contributed by atoms with E-state index in [2.05, 4.69) is 0 Å². The summed E-state index contributed by atoms with van der Waals surface area (Å²) in [7, 11) is 0. The van der Waals surface area contributed by atoms with Crippen LogP contribution in [0.3, 0.4) is 0 Å². The Bertz CT molecular complexity index is 1490. The zero-order valence-electron chi connectivity index (χ0n) is 19.3. The van der Waals surface area contributed by atoms with Crippen LogP contribution in [0.15, 0.2) is 107 Å². The van der Waals surface area contributed by atoms with Gasteiger partial charge in [-0.05, 0) is 71.9 Å². The topological polar surface area (TPSA) is 41.9 Å². The van der Waals surface area contributed by atoms with Crippen molar-refractivity contribution >= 4 is 63.5 Å². The third-order valence-electron chi connectivity index (χ3n) is 5.42. The number of halogens is 3. The summed E-state index contributed by atoms with van der Waals surface area (Å²) < 4.78 is 19.3. The maximum Gasteiger partial charge on any atom is 0.271 e. The average Bonchev–Trinajstić information content (AvgIpc) is 3.19. The minimum Gasteiger partial charge on any atom is -0.487 e. The van der Waals surface area contributed by atoms with Crippen molar-refractivity contribution in [3.8, 4) is 5.75 Å². The second kappa shape index (κ2) is 11.2. The van der Waals surface area contributed by atoms with Crippen LogP contribution in [-0.4, -0.2) is 11.1 Å². The van der Waals surface area contributed by atoms with Crippen LogP contribution in [-0.2, 0) is 11.4 Å². The number of amides is 1. The molecular weight excluding hydrogens is 530 g/mol. The first-order valence-corrected chi connectivity index (χ1v) is 12.8. The molecule has 184 valence electrons. The molecule has 4 nitrogen and oxygen atoms in total. The van der Waals surface area contributed by atoms with E-state index in [0.29, 0.717) is 37.1 Å². The molecule has 1 fully saturated rings. The van der Waals surface area contributed by atoms with E-state index in [1.54, 1.807) is 35.2 Å². The summed E-state index contributed by atoms with van der Waals surface area (Å²) in [6, 6.07) is 28.1. The summed E-state index contributed by atoms with van der Waals surface area (Å²) in [4.78, 5) is 20.4. The minimum atomic E-state index is -0.327. The largest absolute Gasteiger partial charge is 0.487 e. The number of benzene rings is 4. The summed E-state index contributed by atoms with van der Waals surface area (Å²) in [6.45, 7) is 0.162. The Balaban J connectivity index is 1.52. The van der Waals surface area contributed by atoms with E-state index in [1.807, 2.05) is 60.7 Å². The molecule has 0 atom stereocenters. The van der Waals surface area contributed by atoms with Gasteiger partial charge in [-0.2, -0.15) is 0 Å². The van der Waals surface area contributed by atoms with E-state index in [4.69, 9.17) is 32.9 Å². The van der Waals surface area contributed by atoms with Crippen LogP contribution in [0, 0.1) is 5.82 Å². The monoisotopic (exact) mass is 548 g/mol. The number of carbonyl (C=O) groups is 1. The van der Waals surface area contributed by atoms with Crippen LogP contribution in [0.4, 0.5) is 15.8 Å². The zero-order valence-corrected chi connectivity index (χ0v) is 21.6. The van der Waals surface area contributed by atoms with Crippen molar-refractivity contribution < 1.29 is 13.9 Å². The molecule has 0 aliphatic carbocycles. The van der Waals surface area contributed by atoms with Crippen molar-refractivity contribution in [1.82, 2.24) is 0 Å². The first-order chi connectivity index (χ1) is 18.0. The quantitative estimate of drug-likeness (QED) is 0.227. The first kappa shape index (κ1) is 25.1. The number of hydrogen-bond acceptors (Lipinski definition) is 4. The highest BCUT2D eigenvalue weighted by Crippen LogP contribution is 2.40. The van der Waals surface area contributed by atoms with E-state index in [0.717, 1.165) is 11.3 Å². The van der Waals surface area contributed by atoms with E-state index in [9.17, 15) is 9.18 Å².